The molecule has 1 aromatic carbocycles. The summed E-state index contributed by atoms with van der Waals surface area (Å²) < 4.78 is 26.1. The number of carboxylic acid groups (broad SMARTS) is 1. The Balaban J connectivity index is 2.44. The van der Waals surface area contributed by atoms with Gasteiger partial charge < -0.3 is 10.8 Å². The minimum Gasteiger partial charge on any atom is -0.478 e. The SMILES string of the molecule is CN(c1ccc(C(=O)O)cc1)S(=O)(=O)c1cc(Cl)cnc1N. The van der Waals surface area contributed by atoms with E-state index in [4.69, 9.17) is 22.4 Å². The molecule has 116 valence electrons. The van der Waals surface area contributed by atoms with Gasteiger partial charge in [-0.15, -0.1) is 0 Å². The fourth-order valence-corrected chi connectivity index (χ4v) is 3.25. The number of halogens is 1. The summed E-state index contributed by atoms with van der Waals surface area (Å²) in [5.74, 6) is -1.27. The third kappa shape index (κ3) is 2.97. The van der Waals surface area contributed by atoms with Crippen LogP contribution in [-0.2, 0) is 10.0 Å². The average Bonchev–Trinajstić information content (AvgIpc) is 2.48. The van der Waals surface area contributed by atoms with Gasteiger partial charge in [0.15, 0.2) is 0 Å². The lowest BCUT2D eigenvalue weighted by Gasteiger charge is -2.20. The minimum absolute atomic E-state index is 0.0542. The summed E-state index contributed by atoms with van der Waals surface area (Å²) in [5, 5.41) is 8.99. The molecule has 9 heteroatoms. The highest BCUT2D eigenvalue weighted by molar-refractivity contribution is 7.93. The zero-order chi connectivity index (χ0) is 16.5. The van der Waals surface area contributed by atoms with Crippen molar-refractivity contribution in [3.63, 3.8) is 0 Å². The number of sulfonamides is 1. The van der Waals surface area contributed by atoms with Crippen molar-refractivity contribution in [2.75, 3.05) is 17.1 Å². The van der Waals surface area contributed by atoms with Crippen molar-refractivity contribution in [2.45, 2.75) is 4.90 Å². The molecule has 0 unspecified atom stereocenters. The molecule has 0 bridgehead atoms. The molecule has 22 heavy (non-hydrogen) atoms. The number of anilines is 2. The summed E-state index contributed by atoms with van der Waals surface area (Å²) in [6.45, 7) is 0. The molecule has 0 aliphatic rings. The number of rotatable bonds is 4. The van der Waals surface area contributed by atoms with Crippen LogP contribution < -0.4 is 10.0 Å². The van der Waals surface area contributed by atoms with Crippen molar-refractivity contribution >= 4 is 39.1 Å². The fourth-order valence-electron chi connectivity index (χ4n) is 1.74. The lowest BCUT2D eigenvalue weighted by molar-refractivity contribution is 0.0697. The molecule has 0 spiro atoms. The number of nitrogen functional groups attached to an aromatic ring is 1. The highest BCUT2D eigenvalue weighted by Gasteiger charge is 2.25. The smallest absolute Gasteiger partial charge is 0.335 e. The Morgan fingerprint density at radius 1 is 1.32 bits per heavy atom. The zero-order valence-corrected chi connectivity index (χ0v) is 13.0. The number of hydrogen-bond acceptors (Lipinski definition) is 5. The monoisotopic (exact) mass is 341 g/mol. The van der Waals surface area contributed by atoms with E-state index in [1.54, 1.807) is 0 Å². The number of aromatic carboxylic acids is 1. The predicted octanol–water partition coefficient (Wildman–Crippen LogP) is 1.84. The van der Waals surface area contributed by atoms with Crippen LogP contribution in [0.5, 0.6) is 0 Å². The van der Waals surface area contributed by atoms with E-state index in [0.29, 0.717) is 0 Å². The molecule has 0 amide bonds. The van der Waals surface area contributed by atoms with E-state index in [9.17, 15) is 13.2 Å². The summed E-state index contributed by atoms with van der Waals surface area (Å²) >= 11 is 5.76. The van der Waals surface area contributed by atoms with Crippen molar-refractivity contribution in [3.8, 4) is 0 Å². The molecule has 0 aliphatic carbocycles. The van der Waals surface area contributed by atoms with Crippen LogP contribution in [0, 0.1) is 0 Å². The van der Waals surface area contributed by atoms with Gasteiger partial charge in [-0.05, 0) is 30.3 Å². The number of aromatic nitrogens is 1. The maximum atomic E-state index is 12.6. The van der Waals surface area contributed by atoms with E-state index < -0.39 is 16.0 Å². The van der Waals surface area contributed by atoms with Crippen LogP contribution in [-0.4, -0.2) is 31.5 Å². The fraction of sp³-hybridized carbons (Fsp3) is 0.0769. The van der Waals surface area contributed by atoms with E-state index in [0.717, 1.165) is 4.31 Å². The molecule has 0 saturated carbocycles. The number of pyridine rings is 1. The first-order valence-electron chi connectivity index (χ1n) is 5.97. The number of carbonyl (C=O) groups is 1. The van der Waals surface area contributed by atoms with Crippen LogP contribution in [0.3, 0.4) is 0 Å². The molecule has 1 heterocycles. The maximum Gasteiger partial charge on any atom is 0.335 e. The molecule has 7 nitrogen and oxygen atoms in total. The Kier molecular flexibility index (Phi) is 4.25. The number of nitrogens with two attached hydrogens (primary N) is 1. The van der Waals surface area contributed by atoms with Gasteiger partial charge in [-0.1, -0.05) is 11.6 Å². The number of hydrogen-bond donors (Lipinski definition) is 2. The molecular weight excluding hydrogens is 330 g/mol. The van der Waals surface area contributed by atoms with Gasteiger partial charge in [0.1, 0.15) is 10.7 Å². The summed E-state index contributed by atoms with van der Waals surface area (Å²) in [4.78, 5) is 14.3. The Morgan fingerprint density at radius 3 is 2.45 bits per heavy atom. The van der Waals surface area contributed by atoms with Crippen molar-refractivity contribution in [3.05, 3.63) is 47.1 Å². The van der Waals surface area contributed by atoms with Crippen LogP contribution in [0.2, 0.25) is 5.02 Å². The quantitative estimate of drug-likeness (QED) is 0.877. The van der Waals surface area contributed by atoms with Crippen LogP contribution >= 0.6 is 11.6 Å². The molecular formula is C13H12ClN3O4S. The van der Waals surface area contributed by atoms with Gasteiger partial charge in [0, 0.05) is 13.2 Å². The Morgan fingerprint density at radius 2 is 1.91 bits per heavy atom. The molecule has 2 rings (SSSR count). The van der Waals surface area contributed by atoms with Crippen LogP contribution in [0.4, 0.5) is 11.5 Å². The van der Waals surface area contributed by atoms with E-state index in [-0.39, 0.29) is 27.0 Å². The molecule has 0 saturated heterocycles. The van der Waals surface area contributed by atoms with Crippen molar-refractivity contribution < 1.29 is 18.3 Å². The zero-order valence-electron chi connectivity index (χ0n) is 11.4. The topological polar surface area (TPSA) is 114 Å². The lowest BCUT2D eigenvalue weighted by atomic mass is 10.2. The molecule has 0 atom stereocenters. The molecule has 1 aromatic heterocycles. The van der Waals surface area contributed by atoms with Gasteiger partial charge in [0.25, 0.3) is 10.0 Å². The average molecular weight is 342 g/mol. The van der Waals surface area contributed by atoms with Crippen molar-refractivity contribution in [1.82, 2.24) is 4.98 Å². The lowest BCUT2D eigenvalue weighted by Crippen LogP contribution is -2.27. The van der Waals surface area contributed by atoms with Gasteiger partial charge in [-0.3, -0.25) is 4.31 Å². The number of benzene rings is 1. The second kappa shape index (κ2) is 5.82. The van der Waals surface area contributed by atoms with Crippen LogP contribution in [0.1, 0.15) is 10.4 Å². The third-order valence-electron chi connectivity index (χ3n) is 2.96. The normalized spacial score (nSPS) is 11.2. The maximum absolute atomic E-state index is 12.6. The van der Waals surface area contributed by atoms with E-state index >= 15 is 0 Å². The van der Waals surface area contributed by atoms with Crippen LogP contribution in [0.15, 0.2) is 41.4 Å². The largest absolute Gasteiger partial charge is 0.478 e. The van der Waals surface area contributed by atoms with Gasteiger partial charge in [0.2, 0.25) is 0 Å². The summed E-state index contributed by atoms with van der Waals surface area (Å²) in [6, 6.07) is 6.60. The van der Waals surface area contributed by atoms with E-state index in [1.807, 2.05) is 0 Å². The van der Waals surface area contributed by atoms with Gasteiger partial charge in [-0.25, -0.2) is 18.2 Å². The van der Waals surface area contributed by atoms with E-state index in [1.165, 1.54) is 43.6 Å². The Hall–Kier alpha value is -2.32. The van der Waals surface area contributed by atoms with Crippen LogP contribution in [0.25, 0.3) is 0 Å². The second-order valence-electron chi connectivity index (χ2n) is 4.36. The molecule has 0 aliphatic heterocycles. The Labute approximate surface area is 132 Å². The first-order valence-corrected chi connectivity index (χ1v) is 7.78. The predicted molar refractivity (Wildman–Crippen MR) is 82.6 cm³/mol. The van der Waals surface area contributed by atoms with Gasteiger partial charge >= 0.3 is 5.97 Å². The standard InChI is InChI=1S/C13H12ClN3O4S/c1-17(10-4-2-8(3-5-10)13(18)19)22(20,21)11-6-9(14)7-16-12(11)15/h2-7H,1H3,(H2,15,16)(H,18,19). The molecule has 0 radical (unpaired) electrons. The first kappa shape index (κ1) is 16.1. The van der Waals surface area contributed by atoms with Gasteiger partial charge in [0.05, 0.1) is 16.3 Å². The highest BCUT2D eigenvalue weighted by Crippen LogP contribution is 2.27. The highest BCUT2D eigenvalue weighted by atomic mass is 35.5. The van der Waals surface area contributed by atoms with Crippen molar-refractivity contribution in [2.24, 2.45) is 0 Å². The third-order valence-corrected chi connectivity index (χ3v) is 4.99. The summed E-state index contributed by atoms with van der Waals surface area (Å²) in [7, 11) is -2.64. The van der Waals surface area contributed by atoms with E-state index in [2.05, 4.69) is 4.98 Å². The molecule has 3 N–H and O–H groups in total. The summed E-state index contributed by atoms with van der Waals surface area (Å²) in [6.07, 6.45) is 1.25. The molecule has 2 aromatic rings. The second-order valence-corrected chi connectivity index (χ2v) is 6.74. The van der Waals surface area contributed by atoms with Crippen molar-refractivity contribution in [1.29, 1.82) is 0 Å². The van der Waals surface area contributed by atoms with Gasteiger partial charge in [-0.2, -0.15) is 0 Å². The minimum atomic E-state index is -3.96. The summed E-state index contributed by atoms with van der Waals surface area (Å²) in [5.41, 5.74) is 5.94. The molecule has 0 fully saturated rings. The number of nitrogens with zero attached hydrogens (tertiary/aromatic N) is 2. The number of carboxylic acids is 1. The Bertz CT molecular complexity index is 822. The first-order chi connectivity index (χ1) is 10.2.